The average Bonchev–Trinajstić information content (AvgIpc) is 2.98. The molecular formula is C11H12F3NO. The van der Waals surface area contributed by atoms with Gasteiger partial charge in [0.05, 0.1) is 7.11 Å². The maximum atomic E-state index is 12.3. The van der Waals surface area contributed by atoms with Gasteiger partial charge in [-0.15, -0.1) is 0 Å². The van der Waals surface area contributed by atoms with Crippen molar-refractivity contribution in [2.45, 2.75) is 18.8 Å². The fourth-order valence-corrected chi connectivity index (χ4v) is 1.63. The number of ether oxygens (including phenoxy) is 1. The van der Waals surface area contributed by atoms with Crippen LogP contribution >= 0.6 is 0 Å². The molecule has 0 amide bonds. The highest BCUT2D eigenvalue weighted by atomic mass is 19.4. The molecule has 0 saturated carbocycles. The molecular weight excluding hydrogens is 219 g/mol. The van der Waals surface area contributed by atoms with Crippen LogP contribution in [-0.4, -0.2) is 30.8 Å². The van der Waals surface area contributed by atoms with E-state index in [2.05, 4.69) is 0 Å². The first-order chi connectivity index (χ1) is 7.50. The van der Waals surface area contributed by atoms with Crippen LogP contribution in [0.15, 0.2) is 24.3 Å². The fourth-order valence-electron chi connectivity index (χ4n) is 1.63. The zero-order valence-electron chi connectivity index (χ0n) is 8.79. The molecule has 0 aromatic heterocycles. The lowest BCUT2D eigenvalue weighted by Crippen LogP contribution is -2.20. The van der Waals surface area contributed by atoms with Crippen molar-refractivity contribution >= 4 is 0 Å². The summed E-state index contributed by atoms with van der Waals surface area (Å²) in [7, 11) is 1.55. The molecule has 0 aliphatic carbocycles. The summed E-state index contributed by atoms with van der Waals surface area (Å²) in [6.07, 6.45) is -4.09. The first-order valence-corrected chi connectivity index (χ1v) is 4.94. The van der Waals surface area contributed by atoms with Crippen molar-refractivity contribution in [3.8, 4) is 5.75 Å². The Morgan fingerprint density at radius 1 is 1.31 bits per heavy atom. The smallest absolute Gasteiger partial charge is 0.405 e. The predicted octanol–water partition coefficient (Wildman–Crippen LogP) is 2.44. The molecule has 2 atom stereocenters. The lowest BCUT2D eigenvalue weighted by molar-refractivity contribution is -0.136. The Labute approximate surface area is 91.6 Å². The molecule has 16 heavy (non-hydrogen) atoms. The maximum absolute atomic E-state index is 12.3. The zero-order chi connectivity index (χ0) is 11.8. The molecule has 1 aromatic rings. The monoisotopic (exact) mass is 231 g/mol. The second kappa shape index (κ2) is 3.97. The van der Waals surface area contributed by atoms with E-state index in [1.807, 2.05) is 0 Å². The van der Waals surface area contributed by atoms with Gasteiger partial charge in [-0.05, 0) is 17.7 Å². The molecule has 1 fully saturated rings. The van der Waals surface area contributed by atoms with Gasteiger partial charge in [-0.3, -0.25) is 4.90 Å². The summed E-state index contributed by atoms with van der Waals surface area (Å²) >= 11 is 0. The molecule has 0 spiro atoms. The maximum Gasteiger partial charge on any atom is 0.405 e. The van der Waals surface area contributed by atoms with Crippen molar-refractivity contribution < 1.29 is 17.9 Å². The minimum atomic E-state index is -4.09. The molecule has 2 unspecified atom stereocenters. The Bertz CT molecular complexity index is 360. The molecule has 1 heterocycles. The molecule has 1 aliphatic heterocycles. The third kappa shape index (κ3) is 2.47. The van der Waals surface area contributed by atoms with E-state index in [4.69, 9.17) is 4.74 Å². The second-order valence-electron chi connectivity index (χ2n) is 3.83. The van der Waals surface area contributed by atoms with Crippen LogP contribution in [0.25, 0.3) is 0 Å². The van der Waals surface area contributed by atoms with Crippen molar-refractivity contribution in [1.29, 1.82) is 0 Å². The van der Waals surface area contributed by atoms with E-state index in [1.165, 1.54) is 4.90 Å². The number of hydrogen-bond acceptors (Lipinski definition) is 2. The van der Waals surface area contributed by atoms with Gasteiger partial charge in [-0.25, -0.2) is 0 Å². The standard InChI is InChI=1S/C11H12F3NO/c1-16-9-4-2-8(3-5-9)6-15-7-10(15)11(12,13)14/h2-5,10H,6-7H2,1H3. The third-order valence-corrected chi connectivity index (χ3v) is 2.64. The lowest BCUT2D eigenvalue weighted by atomic mass is 10.2. The Hall–Kier alpha value is -1.23. The van der Waals surface area contributed by atoms with E-state index in [0.717, 1.165) is 5.56 Å². The average molecular weight is 231 g/mol. The Balaban J connectivity index is 1.92. The largest absolute Gasteiger partial charge is 0.497 e. The van der Waals surface area contributed by atoms with E-state index in [0.29, 0.717) is 12.3 Å². The lowest BCUT2D eigenvalue weighted by Gasteiger charge is -2.07. The first kappa shape index (κ1) is 11.3. The summed E-state index contributed by atoms with van der Waals surface area (Å²) in [4.78, 5) is 1.39. The van der Waals surface area contributed by atoms with E-state index >= 15 is 0 Å². The Morgan fingerprint density at radius 3 is 2.38 bits per heavy atom. The molecule has 0 radical (unpaired) electrons. The second-order valence-corrected chi connectivity index (χ2v) is 3.83. The molecule has 88 valence electrons. The van der Waals surface area contributed by atoms with Crippen LogP contribution in [0.3, 0.4) is 0 Å². The highest BCUT2D eigenvalue weighted by Gasteiger charge is 2.53. The number of alkyl halides is 3. The van der Waals surface area contributed by atoms with Crippen LogP contribution in [0.1, 0.15) is 5.56 Å². The number of nitrogens with zero attached hydrogens (tertiary/aromatic N) is 1. The SMILES string of the molecule is COc1ccc(CN2CC2C(F)(F)F)cc1. The predicted molar refractivity (Wildman–Crippen MR) is 53.2 cm³/mol. The van der Waals surface area contributed by atoms with Gasteiger partial charge in [0.15, 0.2) is 0 Å². The third-order valence-electron chi connectivity index (χ3n) is 2.64. The van der Waals surface area contributed by atoms with Gasteiger partial charge in [-0.1, -0.05) is 12.1 Å². The number of rotatable bonds is 3. The molecule has 0 N–H and O–H groups in total. The van der Waals surface area contributed by atoms with E-state index in [1.54, 1.807) is 31.4 Å². The fraction of sp³-hybridized carbons (Fsp3) is 0.455. The van der Waals surface area contributed by atoms with Crippen LogP contribution in [-0.2, 0) is 6.54 Å². The van der Waals surface area contributed by atoms with Gasteiger partial charge in [0, 0.05) is 13.1 Å². The van der Waals surface area contributed by atoms with E-state index in [-0.39, 0.29) is 6.54 Å². The first-order valence-electron chi connectivity index (χ1n) is 4.94. The van der Waals surface area contributed by atoms with Gasteiger partial charge in [-0.2, -0.15) is 13.2 Å². The van der Waals surface area contributed by atoms with Gasteiger partial charge in [0.2, 0.25) is 0 Å². The van der Waals surface area contributed by atoms with E-state index < -0.39 is 12.2 Å². The summed E-state index contributed by atoms with van der Waals surface area (Å²) < 4.78 is 41.7. The molecule has 0 bridgehead atoms. The number of halogens is 3. The molecule has 1 aromatic carbocycles. The number of methoxy groups -OCH3 is 1. The minimum Gasteiger partial charge on any atom is -0.497 e. The van der Waals surface area contributed by atoms with Crippen molar-refractivity contribution in [3.05, 3.63) is 29.8 Å². The minimum absolute atomic E-state index is 0.107. The molecule has 1 saturated heterocycles. The molecule has 5 heteroatoms. The summed E-state index contributed by atoms with van der Waals surface area (Å²) in [5, 5.41) is 0. The van der Waals surface area contributed by atoms with Crippen LogP contribution in [0, 0.1) is 0 Å². The summed E-state index contributed by atoms with van der Waals surface area (Å²) in [5.74, 6) is 0.710. The normalized spacial score (nSPS) is 24.2. The van der Waals surface area contributed by atoms with Crippen molar-refractivity contribution in [1.82, 2.24) is 4.90 Å². The highest BCUT2D eigenvalue weighted by molar-refractivity contribution is 5.27. The van der Waals surface area contributed by atoms with Crippen LogP contribution in [0.2, 0.25) is 0 Å². The topological polar surface area (TPSA) is 12.2 Å². The van der Waals surface area contributed by atoms with Crippen molar-refractivity contribution in [2.24, 2.45) is 0 Å². The van der Waals surface area contributed by atoms with Gasteiger partial charge in [0.25, 0.3) is 0 Å². The van der Waals surface area contributed by atoms with Gasteiger partial charge in [0.1, 0.15) is 11.8 Å². The highest BCUT2D eigenvalue weighted by Crippen LogP contribution is 2.35. The van der Waals surface area contributed by atoms with Crippen LogP contribution in [0.5, 0.6) is 5.75 Å². The molecule has 1 aliphatic rings. The summed E-state index contributed by atoms with van der Waals surface area (Å²) in [6.45, 7) is 0.448. The van der Waals surface area contributed by atoms with Crippen molar-refractivity contribution in [2.75, 3.05) is 13.7 Å². The number of hydrogen-bond donors (Lipinski definition) is 0. The Kier molecular flexibility index (Phi) is 2.80. The van der Waals surface area contributed by atoms with E-state index in [9.17, 15) is 13.2 Å². The summed E-state index contributed by atoms with van der Waals surface area (Å²) in [6, 6.07) is 5.81. The Morgan fingerprint density at radius 2 is 1.94 bits per heavy atom. The molecule has 2 nitrogen and oxygen atoms in total. The van der Waals surface area contributed by atoms with Crippen molar-refractivity contribution in [3.63, 3.8) is 0 Å². The number of benzene rings is 1. The summed E-state index contributed by atoms with van der Waals surface area (Å²) in [5.41, 5.74) is 0.868. The van der Waals surface area contributed by atoms with Gasteiger partial charge >= 0.3 is 6.18 Å². The quantitative estimate of drug-likeness (QED) is 0.741. The van der Waals surface area contributed by atoms with Crippen LogP contribution < -0.4 is 4.74 Å². The zero-order valence-corrected chi connectivity index (χ0v) is 8.79. The van der Waals surface area contributed by atoms with Crippen LogP contribution in [0.4, 0.5) is 13.2 Å². The van der Waals surface area contributed by atoms with Gasteiger partial charge < -0.3 is 4.74 Å². The molecule has 2 rings (SSSR count).